The summed E-state index contributed by atoms with van der Waals surface area (Å²) in [5.74, 6) is -0.309. The first-order valence-corrected chi connectivity index (χ1v) is 10.8. The number of esters is 1. The Kier molecular flexibility index (Phi) is 10.2. The summed E-state index contributed by atoms with van der Waals surface area (Å²) in [6.07, 6.45) is 1.23. The van der Waals surface area contributed by atoms with Crippen molar-refractivity contribution in [3.8, 4) is 0 Å². The lowest BCUT2D eigenvalue weighted by atomic mass is 9.80. The van der Waals surface area contributed by atoms with Gasteiger partial charge in [-0.15, -0.1) is 0 Å². The smallest absolute Gasteiger partial charge is 0.412 e. The monoisotopic (exact) mass is 395 g/mol. The Morgan fingerprint density at radius 3 is 2.50 bits per heavy atom. The topological polar surface area (TPSA) is 102 Å². The largest absolute Gasteiger partial charge is 0.425 e. The Hall–Kier alpha value is -1.14. The van der Waals surface area contributed by atoms with E-state index in [-0.39, 0.29) is 18.3 Å². The molecule has 0 heterocycles. The van der Waals surface area contributed by atoms with Crippen LogP contribution in [-0.2, 0) is 18.8 Å². The molecule has 1 saturated carbocycles. The summed E-state index contributed by atoms with van der Waals surface area (Å²) in [5, 5.41) is 2.09. The van der Waals surface area contributed by atoms with Crippen molar-refractivity contribution in [2.24, 2.45) is 17.8 Å². The Labute approximate surface area is 154 Å². The van der Waals surface area contributed by atoms with Gasteiger partial charge in [0.2, 0.25) is 6.29 Å². The van der Waals surface area contributed by atoms with Crippen molar-refractivity contribution in [3.63, 3.8) is 0 Å². The SMILES string of the molecule is CC(OC(=O)NC(F)CCC1CCCC(C[PH](=O)O)C1)OC(=O)C(C)C. The Balaban J connectivity index is 2.26. The molecule has 0 radical (unpaired) electrons. The van der Waals surface area contributed by atoms with Crippen molar-refractivity contribution >= 4 is 20.1 Å². The first-order valence-electron chi connectivity index (χ1n) is 9.20. The summed E-state index contributed by atoms with van der Waals surface area (Å²) < 4.78 is 34.6. The first kappa shape index (κ1) is 22.9. The van der Waals surface area contributed by atoms with E-state index in [2.05, 4.69) is 5.32 Å². The molecule has 1 amide bonds. The van der Waals surface area contributed by atoms with Crippen LogP contribution in [0.25, 0.3) is 0 Å². The van der Waals surface area contributed by atoms with Gasteiger partial charge in [-0.3, -0.25) is 14.7 Å². The van der Waals surface area contributed by atoms with Crippen LogP contribution in [0.2, 0.25) is 0 Å². The third kappa shape index (κ3) is 9.53. The van der Waals surface area contributed by atoms with Crippen molar-refractivity contribution in [2.75, 3.05) is 6.16 Å². The molecule has 26 heavy (non-hydrogen) atoms. The average Bonchev–Trinajstić information content (AvgIpc) is 2.52. The number of halogens is 1. The average molecular weight is 395 g/mol. The summed E-state index contributed by atoms with van der Waals surface area (Å²) in [6, 6.07) is 0. The normalized spacial score (nSPS) is 23.8. The van der Waals surface area contributed by atoms with E-state index in [0.717, 1.165) is 25.7 Å². The van der Waals surface area contributed by atoms with Gasteiger partial charge in [-0.2, -0.15) is 0 Å². The van der Waals surface area contributed by atoms with Gasteiger partial charge in [-0.25, -0.2) is 9.18 Å². The van der Waals surface area contributed by atoms with Crippen LogP contribution in [0.4, 0.5) is 9.18 Å². The van der Waals surface area contributed by atoms with E-state index in [4.69, 9.17) is 14.4 Å². The van der Waals surface area contributed by atoms with E-state index in [1.165, 1.54) is 6.92 Å². The predicted molar refractivity (Wildman–Crippen MR) is 95.7 cm³/mol. The highest BCUT2D eigenvalue weighted by Gasteiger charge is 2.24. The van der Waals surface area contributed by atoms with Gasteiger partial charge >= 0.3 is 12.1 Å². The molecular formula is C17H31FNO6P. The zero-order valence-electron chi connectivity index (χ0n) is 15.7. The second kappa shape index (κ2) is 11.5. The van der Waals surface area contributed by atoms with E-state index in [0.29, 0.717) is 18.5 Å². The molecule has 0 aromatic rings. The number of carbonyl (C=O) groups excluding carboxylic acids is 2. The molecule has 9 heteroatoms. The fourth-order valence-corrected chi connectivity index (χ4v) is 4.05. The number of ether oxygens (including phenoxy) is 2. The summed E-state index contributed by atoms with van der Waals surface area (Å²) >= 11 is 0. The molecule has 1 fully saturated rings. The van der Waals surface area contributed by atoms with Crippen molar-refractivity contribution in [2.45, 2.75) is 71.9 Å². The lowest BCUT2D eigenvalue weighted by molar-refractivity contribution is -0.168. The number of hydrogen-bond donors (Lipinski definition) is 2. The summed E-state index contributed by atoms with van der Waals surface area (Å²) in [4.78, 5) is 32.1. The standard InChI is InChI=1S/C17H31FNO6P/c1-11(2)16(20)24-12(3)25-17(21)19-15(18)8-7-13-5-4-6-14(9-13)10-26(22)23/h11-15,26H,4-10H2,1-3H3,(H,19,21)(H,22,23). The molecule has 5 unspecified atom stereocenters. The molecule has 0 aromatic heterocycles. The van der Waals surface area contributed by atoms with Crippen LogP contribution in [0, 0.1) is 17.8 Å². The second-order valence-electron chi connectivity index (χ2n) is 7.25. The molecule has 0 spiro atoms. The van der Waals surface area contributed by atoms with Crippen molar-refractivity contribution in [3.05, 3.63) is 0 Å². The van der Waals surface area contributed by atoms with Gasteiger partial charge in [-0.05, 0) is 37.5 Å². The zero-order valence-corrected chi connectivity index (χ0v) is 16.7. The highest BCUT2D eigenvalue weighted by molar-refractivity contribution is 7.38. The Morgan fingerprint density at radius 2 is 1.88 bits per heavy atom. The van der Waals surface area contributed by atoms with E-state index < -0.39 is 32.7 Å². The van der Waals surface area contributed by atoms with Crippen molar-refractivity contribution in [1.82, 2.24) is 5.32 Å². The quantitative estimate of drug-likeness (QED) is 0.268. The number of alkyl halides is 1. The Bertz CT molecular complexity index is 490. The van der Waals surface area contributed by atoms with E-state index in [1.54, 1.807) is 13.8 Å². The first-order chi connectivity index (χ1) is 12.2. The summed E-state index contributed by atoms with van der Waals surface area (Å²) in [7, 11) is -2.46. The number of hydrogen-bond acceptors (Lipinski definition) is 5. The van der Waals surface area contributed by atoms with Gasteiger partial charge in [0.15, 0.2) is 14.3 Å². The third-order valence-electron chi connectivity index (χ3n) is 4.48. The van der Waals surface area contributed by atoms with Crippen LogP contribution in [0.5, 0.6) is 0 Å². The third-order valence-corrected chi connectivity index (χ3v) is 5.41. The van der Waals surface area contributed by atoms with Gasteiger partial charge in [0, 0.05) is 13.1 Å². The molecule has 1 aliphatic rings. The number of carbonyl (C=O) groups is 2. The van der Waals surface area contributed by atoms with Crippen LogP contribution in [0.15, 0.2) is 0 Å². The fourth-order valence-electron chi connectivity index (χ4n) is 3.19. The van der Waals surface area contributed by atoms with Crippen molar-refractivity contribution in [1.29, 1.82) is 0 Å². The minimum atomic E-state index is -2.46. The van der Waals surface area contributed by atoms with Crippen LogP contribution >= 0.6 is 8.03 Å². The molecule has 0 aromatic carbocycles. The maximum atomic E-state index is 14.0. The van der Waals surface area contributed by atoms with Crippen LogP contribution < -0.4 is 5.32 Å². The lowest BCUT2D eigenvalue weighted by Crippen LogP contribution is -2.36. The fraction of sp³-hybridized carbons (Fsp3) is 0.882. The minimum Gasteiger partial charge on any atom is -0.425 e. The van der Waals surface area contributed by atoms with Gasteiger partial charge in [-0.1, -0.05) is 26.7 Å². The second-order valence-corrected chi connectivity index (χ2v) is 8.45. The summed E-state index contributed by atoms with van der Waals surface area (Å²) in [5.41, 5.74) is 0. The summed E-state index contributed by atoms with van der Waals surface area (Å²) in [6.45, 7) is 4.70. The van der Waals surface area contributed by atoms with E-state index in [9.17, 15) is 18.5 Å². The van der Waals surface area contributed by atoms with Crippen LogP contribution in [0.3, 0.4) is 0 Å². The number of amides is 1. The zero-order chi connectivity index (χ0) is 19.7. The molecule has 2 N–H and O–H groups in total. The molecule has 1 rings (SSSR count). The number of alkyl carbamates (subject to hydrolysis) is 1. The molecule has 5 atom stereocenters. The number of nitrogens with one attached hydrogen (secondary N) is 1. The maximum Gasteiger partial charge on any atom is 0.412 e. The van der Waals surface area contributed by atoms with E-state index in [1.807, 2.05) is 0 Å². The highest BCUT2D eigenvalue weighted by atomic mass is 31.1. The molecule has 0 saturated heterocycles. The number of rotatable bonds is 9. The van der Waals surface area contributed by atoms with Crippen molar-refractivity contribution < 1.29 is 32.9 Å². The molecule has 7 nitrogen and oxygen atoms in total. The molecule has 152 valence electrons. The van der Waals surface area contributed by atoms with Gasteiger partial charge < -0.3 is 14.4 Å². The molecule has 1 aliphatic carbocycles. The van der Waals surface area contributed by atoms with Crippen LogP contribution in [0.1, 0.15) is 59.3 Å². The highest BCUT2D eigenvalue weighted by Crippen LogP contribution is 2.36. The van der Waals surface area contributed by atoms with Crippen LogP contribution in [-0.4, -0.2) is 35.7 Å². The lowest BCUT2D eigenvalue weighted by Gasteiger charge is -2.29. The Morgan fingerprint density at radius 1 is 1.23 bits per heavy atom. The molecule has 0 aliphatic heterocycles. The molecular weight excluding hydrogens is 364 g/mol. The van der Waals surface area contributed by atoms with Gasteiger partial charge in [0.1, 0.15) is 0 Å². The van der Waals surface area contributed by atoms with Gasteiger partial charge in [0.25, 0.3) is 0 Å². The molecule has 0 bridgehead atoms. The van der Waals surface area contributed by atoms with E-state index >= 15 is 0 Å². The van der Waals surface area contributed by atoms with Gasteiger partial charge in [0.05, 0.1) is 5.92 Å². The predicted octanol–water partition coefficient (Wildman–Crippen LogP) is 3.61. The maximum absolute atomic E-state index is 14.0. The minimum absolute atomic E-state index is 0.154.